The summed E-state index contributed by atoms with van der Waals surface area (Å²) in [4.78, 5) is 43.6. The molecule has 1 atom stereocenters. The average molecular weight is 419 g/mol. The molecule has 8 nitrogen and oxygen atoms in total. The first-order valence-electron chi connectivity index (χ1n) is 9.76. The van der Waals surface area contributed by atoms with E-state index in [9.17, 15) is 14.4 Å². The Hall–Kier alpha value is -3.94. The van der Waals surface area contributed by atoms with Crippen LogP contribution in [-0.4, -0.2) is 34.4 Å². The van der Waals surface area contributed by atoms with Crippen LogP contribution in [0.1, 0.15) is 26.7 Å². The number of fused-ring (bicyclic) bond motifs is 2. The molecule has 0 bridgehead atoms. The minimum atomic E-state index is -1.15. The van der Waals surface area contributed by atoms with E-state index in [4.69, 9.17) is 9.15 Å². The van der Waals surface area contributed by atoms with Crippen LogP contribution in [0.3, 0.4) is 0 Å². The number of nitrogens with zero attached hydrogens (tertiary/aromatic N) is 2. The van der Waals surface area contributed by atoms with Crippen molar-refractivity contribution in [2.45, 2.75) is 32.4 Å². The summed E-state index contributed by atoms with van der Waals surface area (Å²) in [7, 11) is 0. The molecule has 0 radical (unpaired) electrons. The average Bonchev–Trinajstić information content (AvgIpc) is 3.15. The van der Waals surface area contributed by atoms with Crippen molar-refractivity contribution in [3.05, 3.63) is 60.5 Å². The van der Waals surface area contributed by atoms with Crippen molar-refractivity contribution in [3.63, 3.8) is 0 Å². The molecule has 8 heteroatoms. The molecule has 0 saturated carbocycles. The number of hydrogen-bond acceptors (Lipinski definition) is 6. The number of benzene rings is 2. The molecule has 2 heterocycles. The van der Waals surface area contributed by atoms with Crippen molar-refractivity contribution in [1.29, 1.82) is 0 Å². The molecule has 1 aliphatic heterocycles. The van der Waals surface area contributed by atoms with Crippen LogP contribution in [0.5, 0.6) is 0 Å². The summed E-state index contributed by atoms with van der Waals surface area (Å²) < 4.78 is 10.8. The third kappa shape index (κ3) is 3.79. The Kier molecular flexibility index (Phi) is 5.06. The zero-order valence-corrected chi connectivity index (χ0v) is 17.3. The fraction of sp³-hybridized carbons (Fsp3) is 0.217. The summed E-state index contributed by atoms with van der Waals surface area (Å²) in [5.41, 5.74) is 1.18. The van der Waals surface area contributed by atoms with Crippen LogP contribution in [0, 0.1) is 0 Å². The van der Waals surface area contributed by atoms with Gasteiger partial charge in [-0.2, -0.15) is 0 Å². The Morgan fingerprint density at radius 2 is 1.87 bits per heavy atom. The van der Waals surface area contributed by atoms with Crippen LogP contribution in [0.4, 0.5) is 11.4 Å². The molecule has 2 aromatic carbocycles. The molecule has 4 rings (SSSR count). The molecule has 1 aromatic heterocycles. The van der Waals surface area contributed by atoms with E-state index < -0.39 is 23.5 Å². The zero-order valence-electron chi connectivity index (χ0n) is 17.3. The van der Waals surface area contributed by atoms with Crippen LogP contribution in [0.15, 0.2) is 59.0 Å². The minimum Gasteiger partial charge on any atom is -0.449 e. The number of para-hydroxylation sites is 4. The van der Waals surface area contributed by atoms with Gasteiger partial charge in [0.15, 0.2) is 11.7 Å². The maximum atomic E-state index is 13.2. The van der Waals surface area contributed by atoms with Gasteiger partial charge in [0.25, 0.3) is 5.91 Å². The lowest BCUT2D eigenvalue weighted by Gasteiger charge is -2.42. The van der Waals surface area contributed by atoms with Crippen molar-refractivity contribution in [2.24, 2.45) is 0 Å². The van der Waals surface area contributed by atoms with Crippen LogP contribution in [0.2, 0.25) is 0 Å². The largest absolute Gasteiger partial charge is 0.449 e. The molecule has 2 amide bonds. The first-order chi connectivity index (χ1) is 14.8. The van der Waals surface area contributed by atoms with E-state index >= 15 is 0 Å². The number of carbonyl (C=O) groups is 3. The van der Waals surface area contributed by atoms with E-state index in [2.05, 4.69) is 10.3 Å². The number of oxazole rings is 1. The summed E-state index contributed by atoms with van der Waals surface area (Å²) in [6, 6.07) is 14.2. The summed E-state index contributed by atoms with van der Waals surface area (Å²) in [5, 5.41) is 2.80. The molecule has 0 unspecified atom stereocenters. The lowest BCUT2D eigenvalue weighted by Crippen LogP contribution is -2.60. The predicted octanol–water partition coefficient (Wildman–Crippen LogP) is 3.54. The highest BCUT2D eigenvalue weighted by Crippen LogP contribution is 2.37. The Balaban J connectivity index is 1.50. The fourth-order valence-corrected chi connectivity index (χ4v) is 3.39. The molecule has 1 aliphatic rings. The Morgan fingerprint density at radius 1 is 1.16 bits per heavy atom. The lowest BCUT2D eigenvalue weighted by atomic mass is 9.95. The van der Waals surface area contributed by atoms with Gasteiger partial charge in [-0.15, -0.1) is 0 Å². The maximum Gasteiger partial charge on any atom is 0.331 e. The molecular formula is C23H21N3O5. The van der Waals surface area contributed by atoms with Gasteiger partial charge in [0, 0.05) is 12.2 Å². The van der Waals surface area contributed by atoms with Crippen molar-refractivity contribution in [3.8, 4) is 0 Å². The van der Waals surface area contributed by atoms with Crippen molar-refractivity contribution >= 4 is 46.3 Å². The minimum absolute atomic E-state index is 0.250. The van der Waals surface area contributed by atoms with Crippen LogP contribution in [0.25, 0.3) is 17.2 Å². The SMILES string of the molecule is C[C@H](OC(=O)/C=C/c1nc2ccccc2o1)C(=O)N1c2ccccc2NC(=O)C1(C)C. The summed E-state index contributed by atoms with van der Waals surface area (Å²) >= 11 is 0. The van der Waals surface area contributed by atoms with Gasteiger partial charge in [0.05, 0.1) is 11.4 Å². The van der Waals surface area contributed by atoms with Crippen molar-refractivity contribution in [1.82, 2.24) is 4.98 Å². The van der Waals surface area contributed by atoms with E-state index in [1.165, 1.54) is 17.9 Å². The van der Waals surface area contributed by atoms with E-state index in [0.717, 1.165) is 6.08 Å². The highest BCUT2D eigenvalue weighted by Gasteiger charge is 2.45. The molecule has 158 valence electrons. The number of carbonyl (C=O) groups excluding carboxylic acids is 3. The lowest BCUT2D eigenvalue weighted by molar-refractivity contribution is -0.149. The molecule has 1 N–H and O–H groups in total. The topological polar surface area (TPSA) is 102 Å². The van der Waals surface area contributed by atoms with Gasteiger partial charge in [-0.3, -0.25) is 14.5 Å². The van der Waals surface area contributed by atoms with Crippen LogP contribution >= 0.6 is 0 Å². The van der Waals surface area contributed by atoms with Gasteiger partial charge >= 0.3 is 5.97 Å². The van der Waals surface area contributed by atoms with E-state index in [-0.39, 0.29) is 11.8 Å². The molecule has 31 heavy (non-hydrogen) atoms. The quantitative estimate of drug-likeness (QED) is 0.513. The highest BCUT2D eigenvalue weighted by atomic mass is 16.5. The molecule has 0 aliphatic carbocycles. The summed E-state index contributed by atoms with van der Waals surface area (Å²) in [6.07, 6.45) is 1.42. The highest BCUT2D eigenvalue weighted by molar-refractivity contribution is 6.15. The van der Waals surface area contributed by atoms with E-state index in [1.54, 1.807) is 50.2 Å². The standard InChI is InChI=1S/C23H21N3O5/c1-14(30-20(27)13-12-19-24-16-9-5-7-11-18(16)31-19)21(28)26-17-10-6-4-8-15(17)25-22(29)23(26,2)3/h4-14H,1-3H3,(H,25,29)/b13-12+/t14-/m0/s1. The second kappa shape index (κ2) is 7.71. The summed E-state index contributed by atoms with van der Waals surface area (Å²) in [5.74, 6) is -1.31. The van der Waals surface area contributed by atoms with Gasteiger partial charge in [-0.1, -0.05) is 24.3 Å². The number of amides is 2. The van der Waals surface area contributed by atoms with Gasteiger partial charge in [-0.05, 0) is 45.0 Å². The first-order valence-corrected chi connectivity index (χ1v) is 9.76. The molecule has 3 aromatic rings. The van der Waals surface area contributed by atoms with Crippen LogP contribution < -0.4 is 10.2 Å². The van der Waals surface area contributed by atoms with Gasteiger partial charge in [-0.25, -0.2) is 9.78 Å². The van der Waals surface area contributed by atoms with Crippen molar-refractivity contribution in [2.75, 3.05) is 10.2 Å². The number of ether oxygens (including phenoxy) is 1. The van der Waals surface area contributed by atoms with Gasteiger partial charge in [0.1, 0.15) is 11.1 Å². The number of esters is 1. The monoisotopic (exact) mass is 419 g/mol. The van der Waals surface area contributed by atoms with Gasteiger partial charge < -0.3 is 14.5 Å². The molecular weight excluding hydrogens is 398 g/mol. The van der Waals surface area contributed by atoms with E-state index in [0.29, 0.717) is 22.5 Å². The fourth-order valence-electron chi connectivity index (χ4n) is 3.39. The number of aromatic nitrogens is 1. The zero-order chi connectivity index (χ0) is 22.2. The number of hydrogen-bond donors (Lipinski definition) is 1. The predicted molar refractivity (Wildman–Crippen MR) is 115 cm³/mol. The van der Waals surface area contributed by atoms with Gasteiger partial charge in [0.2, 0.25) is 11.8 Å². The normalized spacial score (nSPS) is 16.1. The smallest absolute Gasteiger partial charge is 0.331 e. The number of anilines is 2. The van der Waals surface area contributed by atoms with E-state index in [1.807, 2.05) is 12.1 Å². The first kappa shape index (κ1) is 20.3. The molecule has 0 fully saturated rings. The Labute approximate surface area is 178 Å². The molecule has 0 spiro atoms. The second-order valence-electron chi connectivity index (χ2n) is 7.64. The molecule has 0 saturated heterocycles. The summed E-state index contributed by atoms with van der Waals surface area (Å²) in [6.45, 7) is 4.74. The third-order valence-electron chi connectivity index (χ3n) is 5.04. The Morgan fingerprint density at radius 3 is 2.65 bits per heavy atom. The van der Waals surface area contributed by atoms with Crippen LogP contribution in [-0.2, 0) is 19.1 Å². The number of nitrogens with one attached hydrogen (secondary N) is 1. The van der Waals surface area contributed by atoms with Crippen molar-refractivity contribution < 1.29 is 23.5 Å². The number of rotatable bonds is 4. The second-order valence-corrected chi connectivity index (χ2v) is 7.64. The Bertz CT molecular complexity index is 1180. The maximum absolute atomic E-state index is 13.2. The third-order valence-corrected chi connectivity index (χ3v) is 5.04.